The summed E-state index contributed by atoms with van der Waals surface area (Å²) in [5.41, 5.74) is 2.71. The minimum absolute atomic E-state index is 0.0152. The summed E-state index contributed by atoms with van der Waals surface area (Å²) in [5, 5.41) is 6.14. The lowest BCUT2D eigenvalue weighted by Crippen LogP contribution is -2.38. The molecule has 0 spiro atoms. The zero-order valence-corrected chi connectivity index (χ0v) is 17.8. The number of hydrogen-bond acceptors (Lipinski definition) is 5. The number of rotatable bonds is 7. The van der Waals surface area contributed by atoms with E-state index in [4.69, 9.17) is 9.47 Å². The normalized spacial score (nSPS) is 15.5. The van der Waals surface area contributed by atoms with Crippen molar-refractivity contribution >= 4 is 17.5 Å². The summed E-state index contributed by atoms with van der Waals surface area (Å²) < 4.78 is 10.5. The Balaban J connectivity index is 1.89. The highest BCUT2D eigenvalue weighted by molar-refractivity contribution is 6.03. The number of hydrazone groups is 1. The molecule has 30 heavy (non-hydrogen) atoms. The molecule has 0 saturated carbocycles. The summed E-state index contributed by atoms with van der Waals surface area (Å²) in [5.74, 6) is 1.21. The van der Waals surface area contributed by atoms with Crippen LogP contribution in [-0.2, 0) is 9.59 Å². The number of likely N-dealkylation sites (N-methyl/N-ethyl adjacent to an activating group) is 1. The third kappa shape index (κ3) is 4.62. The van der Waals surface area contributed by atoms with Gasteiger partial charge < -0.3 is 14.4 Å². The Bertz CT molecular complexity index is 922. The van der Waals surface area contributed by atoms with Crippen molar-refractivity contribution in [3.8, 4) is 11.5 Å². The van der Waals surface area contributed by atoms with Gasteiger partial charge >= 0.3 is 0 Å². The standard InChI is InChI=1S/C23H27N3O4/c1-5-22(27)25(2)15-23(28)26-21(17-8-12-19(30-4)13-9-17)14-20(24-26)16-6-10-18(29-3)11-7-16/h6-13,21H,5,14-15H2,1-4H3/t21-/m1/s1. The van der Waals surface area contributed by atoms with Crippen LogP contribution >= 0.6 is 0 Å². The van der Waals surface area contributed by atoms with E-state index in [1.54, 1.807) is 28.2 Å². The van der Waals surface area contributed by atoms with Gasteiger partial charge in [-0.05, 0) is 47.5 Å². The molecule has 1 heterocycles. The number of amides is 2. The Morgan fingerprint density at radius 2 is 1.60 bits per heavy atom. The van der Waals surface area contributed by atoms with Crippen molar-refractivity contribution in [2.45, 2.75) is 25.8 Å². The molecule has 0 saturated heterocycles. The maximum Gasteiger partial charge on any atom is 0.262 e. The van der Waals surface area contributed by atoms with Crippen LogP contribution in [0.1, 0.15) is 36.9 Å². The van der Waals surface area contributed by atoms with Crippen LogP contribution in [0.4, 0.5) is 0 Å². The summed E-state index contributed by atoms with van der Waals surface area (Å²) in [6, 6.07) is 15.0. The van der Waals surface area contributed by atoms with Crippen LogP contribution < -0.4 is 9.47 Å². The second-order valence-corrected chi connectivity index (χ2v) is 7.11. The van der Waals surface area contributed by atoms with Gasteiger partial charge in [0.25, 0.3) is 5.91 Å². The predicted octanol–water partition coefficient (Wildman–Crippen LogP) is 3.25. The maximum atomic E-state index is 13.0. The highest BCUT2D eigenvalue weighted by atomic mass is 16.5. The van der Waals surface area contributed by atoms with Crippen LogP contribution in [0.3, 0.4) is 0 Å². The number of methoxy groups -OCH3 is 2. The van der Waals surface area contributed by atoms with Crippen LogP contribution in [-0.4, -0.2) is 55.2 Å². The second-order valence-electron chi connectivity index (χ2n) is 7.11. The molecule has 0 unspecified atom stereocenters. The van der Waals surface area contributed by atoms with E-state index in [1.807, 2.05) is 48.5 Å². The van der Waals surface area contributed by atoms with Gasteiger partial charge in [-0.25, -0.2) is 5.01 Å². The first-order valence-electron chi connectivity index (χ1n) is 9.88. The maximum absolute atomic E-state index is 13.0. The zero-order chi connectivity index (χ0) is 21.7. The molecule has 0 fully saturated rings. The van der Waals surface area contributed by atoms with Gasteiger partial charge in [-0.2, -0.15) is 5.10 Å². The molecule has 1 atom stereocenters. The van der Waals surface area contributed by atoms with Crippen LogP contribution in [0.5, 0.6) is 11.5 Å². The second kappa shape index (κ2) is 9.43. The molecule has 0 aliphatic carbocycles. The molecule has 158 valence electrons. The molecule has 2 aromatic carbocycles. The van der Waals surface area contributed by atoms with Crippen LogP contribution in [0.2, 0.25) is 0 Å². The number of hydrogen-bond donors (Lipinski definition) is 0. The van der Waals surface area contributed by atoms with Gasteiger partial charge in [0.15, 0.2) is 0 Å². The molecule has 0 radical (unpaired) electrons. The highest BCUT2D eigenvalue weighted by Gasteiger charge is 2.33. The molecular formula is C23H27N3O4. The van der Waals surface area contributed by atoms with Crippen molar-refractivity contribution in [2.75, 3.05) is 27.8 Å². The topological polar surface area (TPSA) is 71.4 Å². The van der Waals surface area contributed by atoms with Gasteiger partial charge in [-0.3, -0.25) is 9.59 Å². The van der Waals surface area contributed by atoms with Crippen molar-refractivity contribution < 1.29 is 19.1 Å². The van der Waals surface area contributed by atoms with Gasteiger partial charge in [0.1, 0.15) is 18.0 Å². The summed E-state index contributed by atoms with van der Waals surface area (Å²) in [7, 11) is 4.87. The summed E-state index contributed by atoms with van der Waals surface area (Å²) in [6.45, 7) is 1.76. The Hall–Kier alpha value is -3.35. The first kappa shape index (κ1) is 21.4. The Morgan fingerprint density at radius 1 is 1.03 bits per heavy atom. The minimum Gasteiger partial charge on any atom is -0.497 e. The van der Waals surface area contributed by atoms with E-state index in [0.29, 0.717) is 12.8 Å². The van der Waals surface area contributed by atoms with Crippen molar-refractivity contribution in [1.29, 1.82) is 0 Å². The summed E-state index contributed by atoms with van der Waals surface area (Å²) in [6.07, 6.45) is 0.932. The fourth-order valence-electron chi connectivity index (χ4n) is 3.42. The third-order valence-electron chi connectivity index (χ3n) is 5.19. The largest absolute Gasteiger partial charge is 0.497 e. The van der Waals surface area contributed by atoms with E-state index in [0.717, 1.165) is 28.3 Å². The van der Waals surface area contributed by atoms with E-state index in [9.17, 15) is 9.59 Å². The average Bonchev–Trinajstić information content (AvgIpc) is 3.24. The fraction of sp³-hybridized carbons (Fsp3) is 0.348. The van der Waals surface area contributed by atoms with Crippen LogP contribution in [0.25, 0.3) is 0 Å². The van der Waals surface area contributed by atoms with E-state index in [1.165, 1.54) is 9.91 Å². The molecule has 1 aliphatic rings. The Morgan fingerprint density at radius 3 is 2.13 bits per heavy atom. The molecule has 0 aromatic heterocycles. The van der Waals surface area contributed by atoms with E-state index in [2.05, 4.69) is 5.10 Å². The number of nitrogens with zero attached hydrogens (tertiary/aromatic N) is 3. The minimum atomic E-state index is -0.245. The van der Waals surface area contributed by atoms with Gasteiger partial charge in [0, 0.05) is 19.9 Å². The lowest BCUT2D eigenvalue weighted by atomic mass is 9.98. The first-order chi connectivity index (χ1) is 14.5. The summed E-state index contributed by atoms with van der Waals surface area (Å²) in [4.78, 5) is 26.4. The lowest BCUT2D eigenvalue weighted by molar-refractivity contribution is -0.140. The number of carbonyl (C=O) groups excluding carboxylic acids is 2. The Kier molecular flexibility index (Phi) is 6.72. The van der Waals surface area contributed by atoms with Gasteiger partial charge in [0.2, 0.25) is 5.91 Å². The van der Waals surface area contributed by atoms with Gasteiger partial charge in [-0.1, -0.05) is 19.1 Å². The van der Waals surface area contributed by atoms with E-state index < -0.39 is 0 Å². The number of benzene rings is 2. The van der Waals surface area contributed by atoms with Crippen molar-refractivity contribution in [3.63, 3.8) is 0 Å². The van der Waals surface area contributed by atoms with Crippen LogP contribution in [0, 0.1) is 0 Å². The SMILES string of the molecule is CCC(=O)N(C)CC(=O)N1N=C(c2ccc(OC)cc2)C[C@@H]1c1ccc(OC)cc1. The molecule has 7 nitrogen and oxygen atoms in total. The quantitative estimate of drug-likeness (QED) is 0.704. The third-order valence-corrected chi connectivity index (χ3v) is 5.19. The first-order valence-corrected chi connectivity index (χ1v) is 9.88. The molecule has 0 N–H and O–H groups in total. The smallest absolute Gasteiger partial charge is 0.262 e. The highest BCUT2D eigenvalue weighted by Crippen LogP contribution is 2.34. The van der Waals surface area contributed by atoms with Gasteiger partial charge in [-0.15, -0.1) is 0 Å². The predicted molar refractivity (Wildman–Crippen MR) is 115 cm³/mol. The van der Waals surface area contributed by atoms with E-state index in [-0.39, 0.29) is 24.4 Å². The van der Waals surface area contributed by atoms with Gasteiger partial charge in [0.05, 0.1) is 26.0 Å². The molecule has 7 heteroatoms. The molecule has 3 rings (SSSR count). The lowest BCUT2D eigenvalue weighted by Gasteiger charge is -2.25. The molecule has 2 aromatic rings. The van der Waals surface area contributed by atoms with Crippen molar-refractivity contribution in [2.24, 2.45) is 5.10 Å². The monoisotopic (exact) mass is 409 g/mol. The average molecular weight is 409 g/mol. The Labute approximate surface area is 176 Å². The molecule has 1 aliphatic heterocycles. The van der Waals surface area contributed by atoms with Crippen molar-refractivity contribution in [3.05, 3.63) is 59.7 Å². The van der Waals surface area contributed by atoms with Crippen molar-refractivity contribution in [1.82, 2.24) is 9.91 Å². The molecule has 2 amide bonds. The summed E-state index contributed by atoms with van der Waals surface area (Å²) >= 11 is 0. The number of carbonyl (C=O) groups is 2. The molecular weight excluding hydrogens is 382 g/mol. The number of ether oxygens (including phenoxy) is 2. The fourth-order valence-corrected chi connectivity index (χ4v) is 3.42. The van der Waals surface area contributed by atoms with E-state index >= 15 is 0 Å². The zero-order valence-electron chi connectivity index (χ0n) is 17.8. The molecule has 0 bridgehead atoms. The van der Waals surface area contributed by atoms with Crippen LogP contribution in [0.15, 0.2) is 53.6 Å².